The van der Waals surface area contributed by atoms with Gasteiger partial charge in [-0.15, -0.1) is 11.3 Å². The number of halogens is 3. The largest absolute Gasteiger partial charge is 0.504 e. The standard InChI is InChI=1S/C14H13F3N2O3S/c1-7(2)22-13(21)18-8-3-4-9-10(5-8)23-12(19-9)6-11(20)14(15,16)17/h3-7,20H,1-2H3,(H,18,21). The average Bonchev–Trinajstić information content (AvgIpc) is 2.77. The molecule has 1 heterocycles. The fraction of sp³-hybridized carbons (Fsp3) is 0.286. The molecule has 0 saturated heterocycles. The quantitative estimate of drug-likeness (QED) is 0.789. The van der Waals surface area contributed by atoms with Gasteiger partial charge in [0.15, 0.2) is 0 Å². The van der Waals surface area contributed by atoms with Gasteiger partial charge < -0.3 is 9.84 Å². The maximum atomic E-state index is 12.3. The Bertz CT molecular complexity index is 753. The smallest absolute Gasteiger partial charge is 0.448 e. The molecule has 0 aliphatic rings. The van der Waals surface area contributed by atoms with E-state index in [2.05, 4.69) is 10.3 Å². The molecule has 5 nitrogen and oxygen atoms in total. The summed E-state index contributed by atoms with van der Waals surface area (Å²) in [5.41, 5.74) is 0.890. The van der Waals surface area contributed by atoms with Gasteiger partial charge in [-0.05, 0) is 32.0 Å². The number of carbonyl (C=O) groups is 1. The van der Waals surface area contributed by atoms with E-state index in [1.807, 2.05) is 0 Å². The predicted molar refractivity (Wildman–Crippen MR) is 81.5 cm³/mol. The lowest BCUT2D eigenvalue weighted by Gasteiger charge is -2.09. The number of alkyl halides is 3. The summed E-state index contributed by atoms with van der Waals surface area (Å²) in [5, 5.41) is 11.5. The molecule has 0 radical (unpaired) electrons. The minimum atomic E-state index is -4.81. The molecule has 2 aromatic rings. The van der Waals surface area contributed by atoms with Gasteiger partial charge in [0.05, 0.1) is 16.3 Å². The van der Waals surface area contributed by atoms with Crippen molar-refractivity contribution in [2.45, 2.75) is 26.1 Å². The number of aliphatic hydroxyl groups is 1. The number of carbonyl (C=O) groups excluding carboxylic acids is 1. The summed E-state index contributed by atoms with van der Waals surface area (Å²) in [7, 11) is 0. The number of hydrogen-bond donors (Lipinski definition) is 2. The van der Waals surface area contributed by atoms with E-state index in [9.17, 15) is 18.0 Å². The molecule has 124 valence electrons. The number of allylic oxidation sites excluding steroid dienone is 1. The van der Waals surface area contributed by atoms with Crippen molar-refractivity contribution in [2.24, 2.45) is 0 Å². The molecule has 0 spiro atoms. The number of aromatic nitrogens is 1. The monoisotopic (exact) mass is 346 g/mol. The van der Waals surface area contributed by atoms with Crippen LogP contribution in [0.1, 0.15) is 18.9 Å². The van der Waals surface area contributed by atoms with Crippen LogP contribution in [0, 0.1) is 0 Å². The normalized spacial score (nSPS) is 12.7. The molecule has 9 heteroatoms. The zero-order valence-electron chi connectivity index (χ0n) is 12.1. The first-order valence-corrected chi connectivity index (χ1v) is 7.33. The molecule has 1 aromatic heterocycles. The van der Waals surface area contributed by atoms with Crippen molar-refractivity contribution in [1.29, 1.82) is 0 Å². The lowest BCUT2D eigenvalue weighted by atomic mass is 10.3. The number of hydrogen-bond acceptors (Lipinski definition) is 5. The lowest BCUT2D eigenvalue weighted by Crippen LogP contribution is -2.17. The van der Waals surface area contributed by atoms with Crippen molar-refractivity contribution in [3.05, 3.63) is 29.0 Å². The third kappa shape index (κ3) is 4.59. The number of thiazole rings is 1. The summed E-state index contributed by atoms with van der Waals surface area (Å²) in [4.78, 5) is 15.5. The van der Waals surface area contributed by atoms with Crippen LogP contribution in [0.3, 0.4) is 0 Å². The van der Waals surface area contributed by atoms with Crippen LogP contribution in [0.5, 0.6) is 0 Å². The van der Waals surface area contributed by atoms with Gasteiger partial charge in [0, 0.05) is 11.8 Å². The summed E-state index contributed by atoms with van der Waals surface area (Å²) in [5.74, 6) is -1.71. The van der Waals surface area contributed by atoms with Crippen molar-refractivity contribution >= 4 is 39.4 Å². The van der Waals surface area contributed by atoms with Crippen LogP contribution in [0.15, 0.2) is 24.0 Å². The van der Waals surface area contributed by atoms with E-state index in [-0.39, 0.29) is 11.1 Å². The van der Waals surface area contributed by atoms with Crippen LogP contribution < -0.4 is 5.32 Å². The predicted octanol–water partition coefficient (Wildman–Crippen LogP) is 4.71. The van der Waals surface area contributed by atoms with Crippen LogP contribution in [0.4, 0.5) is 23.7 Å². The Morgan fingerprint density at radius 2 is 2.13 bits per heavy atom. The van der Waals surface area contributed by atoms with E-state index < -0.39 is 18.0 Å². The Morgan fingerprint density at radius 3 is 2.74 bits per heavy atom. The zero-order valence-corrected chi connectivity index (χ0v) is 13.0. The maximum absolute atomic E-state index is 12.3. The van der Waals surface area contributed by atoms with Crippen molar-refractivity contribution in [1.82, 2.24) is 4.98 Å². The molecule has 0 atom stereocenters. The van der Waals surface area contributed by atoms with Gasteiger partial charge in [-0.2, -0.15) is 13.2 Å². The highest BCUT2D eigenvalue weighted by atomic mass is 32.1. The van der Waals surface area contributed by atoms with Crippen molar-refractivity contribution < 1.29 is 27.8 Å². The maximum Gasteiger partial charge on any atom is 0.448 e. The van der Waals surface area contributed by atoms with Gasteiger partial charge in [-0.25, -0.2) is 9.78 Å². The first-order valence-electron chi connectivity index (χ1n) is 6.51. The highest BCUT2D eigenvalue weighted by Crippen LogP contribution is 2.30. The minimum Gasteiger partial charge on any atom is -0.504 e. The van der Waals surface area contributed by atoms with E-state index in [0.29, 0.717) is 22.0 Å². The fourth-order valence-electron chi connectivity index (χ4n) is 1.64. The summed E-state index contributed by atoms with van der Waals surface area (Å²) < 4.78 is 42.4. The number of benzene rings is 1. The Hall–Kier alpha value is -2.29. The number of nitrogens with one attached hydrogen (secondary N) is 1. The van der Waals surface area contributed by atoms with E-state index in [1.165, 1.54) is 0 Å². The summed E-state index contributed by atoms with van der Waals surface area (Å²) >= 11 is 0.957. The number of anilines is 1. The van der Waals surface area contributed by atoms with Crippen molar-refractivity contribution in [3.8, 4) is 0 Å². The number of fused-ring (bicyclic) bond motifs is 1. The first-order chi connectivity index (χ1) is 10.6. The Balaban J connectivity index is 2.23. The molecule has 0 unspecified atom stereocenters. The van der Waals surface area contributed by atoms with E-state index in [4.69, 9.17) is 9.84 Å². The number of rotatable bonds is 3. The van der Waals surface area contributed by atoms with Crippen LogP contribution in [-0.4, -0.2) is 28.5 Å². The van der Waals surface area contributed by atoms with E-state index in [1.54, 1.807) is 32.0 Å². The molecule has 2 rings (SSSR count). The Kier molecular flexibility index (Phi) is 4.79. The summed E-state index contributed by atoms with van der Waals surface area (Å²) in [6.45, 7) is 3.41. The fourth-order valence-corrected chi connectivity index (χ4v) is 2.59. The second kappa shape index (κ2) is 6.45. The van der Waals surface area contributed by atoms with Gasteiger partial charge in [-0.3, -0.25) is 5.32 Å². The van der Waals surface area contributed by atoms with Crippen molar-refractivity contribution in [3.63, 3.8) is 0 Å². The molecule has 2 N–H and O–H groups in total. The number of amides is 1. The molecule has 23 heavy (non-hydrogen) atoms. The second-order valence-electron chi connectivity index (χ2n) is 4.84. The molecule has 0 aliphatic heterocycles. The summed E-state index contributed by atoms with van der Waals surface area (Å²) in [6.07, 6.45) is -5.15. The van der Waals surface area contributed by atoms with Crippen LogP contribution >= 0.6 is 11.3 Å². The van der Waals surface area contributed by atoms with Gasteiger partial charge >= 0.3 is 12.3 Å². The van der Waals surface area contributed by atoms with Gasteiger partial charge in [0.1, 0.15) is 5.01 Å². The van der Waals surface area contributed by atoms with Crippen LogP contribution in [0.25, 0.3) is 16.3 Å². The molecular weight excluding hydrogens is 333 g/mol. The average molecular weight is 346 g/mol. The highest BCUT2D eigenvalue weighted by molar-refractivity contribution is 7.19. The Labute approximate surface area is 133 Å². The number of ether oxygens (including phenoxy) is 1. The third-order valence-electron chi connectivity index (χ3n) is 2.54. The zero-order chi connectivity index (χ0) is 17.2. The first kappa shape index (κ1) is 17.1. The van der Waals surface area contributed by atoms with Crippen LogP contribution in [-0.2, 0) is 4.74 Å². The molecular formula is C14H13F3N2O3S. The molecule has 0 fully saturated rings. The highest BCUT2D eigenvalue weighted by Gasteiger charge is 2.34. The molecule has 0 bridgehead atoms. The van der Waals surface area contributed by atoms with Gasteiger partial charge in [-0.1, -0.05) is 0 Å². The van der Waals surface area contributed by atoms with Gasteiger partial charge in [0.2, 0.25) is 5.76 Å². The third-order valence-corrected chi connectivity index (χ3v) is 3.51. The molecule has 1 amide bonds. The number of aliphatic hydroxyl groups excluding tert-OH is 1. The van der Waals surface area contributed by atoms with E-state index in [0.717, 1.165) is 11.3 Å². The topological polar surface area (TPSA) is 71.5 Å². The molecule has 1 aromatic carbocycles. The lowest BCUT2D eigenvalue weighted by molar-refractivity contribution is -0.119. The van der Waals surface area contributed by atoms with E-state index >= 15 is 0 Å². The second-order valence-corrected chi connectivity index (χ2v) is 5.90. The van der Waals surface area contributed by atoms with Crippen molar-refractivity contribution in [2.75, 3.05) is 5.32 Å². The molecule has 0 aliphatic carbocycles. The van der Waals surface area contributed by atoms with Crippen LogP contribution in [0.2, 0.25) is 0 Å². The SMILES string of the molecule is CC(C)OC(=O)Nc1ccc2nc(C=C(O)C(F)(F)F)sc2c1. The summed E-state index contributed by atoms with van der Waals surface area (Å²) in [6, 6.07) is 4.68. The molecule has 0 saturated carbocycles. The van der Waals surface area contributed by atoms with Gasteiger partial charge in [0.25, 0.3) is 0 Å². The Morgan fingerprint density at radius 1 is 1.43 bits per heavy atom. The minimum absolute atomic E-state index is 0.0109. The number of nitrogens with zero attached hydrogens (tertiary/aromatic N) is 1.